The molecule has 0 unspecified atom stereocenters. The van der Waals surface area contributed by atoms with Gasteiger partial charge in [0, 0.05) is 0 Å². The second-order valence-electron chi connectivity index (χ2n) is 6.00. The Morgan fingerprint density at radius 2 is 2.08 bits per heavy atom. The lowest BCUT2D eigenvalue weighted by atomic mass is 9.87. The molecule has 1 aliphatic rings. The Kier molecular flexibility index (Phi) is 4.62. The van der Waals surface area contributed by atoms with E-state index >= 15 is 0 Å². The fraction of sp³-hybridized carbons (Fsp3) is 0.412. The molecule has 0 amide bonds. The van der Waals surface area contributed by atoms with Crippen LogP contribution in [-0.2, 0) is 9.47 Å². The Hall–Kier alpha value is -2.28. The highest BCUT2D eigenvalue weighted by Gasteiger charge is 2.48. The van der Waals surface area contributed by atoms with Gasteiger partial charge in [0.25, 0.3) is 6.43 Å². The molecule has 1 saturated heterocycles. The number of nitrogens with zero attached hydrogens (tertiary/aromatic N) is 2. The van der Waals surface area contributed by atoms with Crippen molar-refractivity contribution in [1.29, 1.82) is 0 Å². The number of carbonyl (C=O) groups is 1. The Bertz CT molecular complexity index is 699. The lowest BCUT2D eigenvalue weighted by Gasteiger charge is -2.39. The first-order valence-electron chi connectivity index (χ1n) is 7.63. The van der Waals surface area contributed by atoms with Crippen molar-refractivity contribution in [2.75, 3.05) is 19.8 Å². The summed E-state index contributed by atoms with van der Waals surface area (Å²) in [7, 11) is 0. The van der Waals surface area contributed by atoms with E-state index in [1.807, 2.05) is 37.3 Å². The standard InChI is InChI=1S/C17H18F2N2O3/c1-12(13-5-3-2-4-6-13)21-11-20-7-14(21)15(22)24-10-17(16(18)19)8-23-9-17/h2-7,11-12,16H,8-10H2,1H3/t12-/m1/s1. The predicted molar refractivity (Wildman–Crippen MR) is 82.0 cm³/mol. The summed E-state index contributed by atoms with van der Waals surface area (Å²) >= 11 is 0. The fourth-order valence-electron chi connectivity index (χ4n) is 2.58. The maximum atomic E-state index is 13.1. The van der Waals surface area contributed by atoms with Gasteiger partial charge in [-0.2, -0.15) is 0 Å². The molecule has 3 rings (SSSR count). The summed E-state index contributed by atoms with van der Waals surface area (Å²) in [4.78, 5) is 16.3. The van der Waals surface area contributed by atoms with Crippen LogP contribution in [0.2, 0.25) is 0 Å². The van der Waals surface area contributed by atoms with Crippen molar-refractivity contribution >= 4 is 5.97 Å². The highest BCUT2D eigenvalue weighted by Crippen LogP contribution is 2.35. The van der Waals surface area contributed by atoms with Gasteiger partial charge < -0.3 is 14.0 Å². The zero-order valence-electron chi connectivity index (χ0n) is 13.2. The third-order valence-electron chi connectivity index (χ3n) is 4.31. The van der Waals surface area contributed by atoms with Gasteiger partial charge in [0.1, 0.15) is 17.7 Å². The van der Waals surface area contributed by atoms with Crippen molar-refractivity contribution in [3.63, 3.8) is 0 Å². The molecule has 0 aliphatic carbocycles. The minimum atomic E-state index is -2.59. The molecule has 0 spiro atoms. The largest absolute Gasteiger partial charge is 0.460 e. The van der Waals surface area contributed by atoms with E-state index in [4.69, 9.17) is 9.47 Å². The normalized spacial score (nSPS) is 17.3. The summed E-state index contributed by atoms with van der Waals surface area (Å²) in [6, 6.07) is 9.47. The minimum absolute atomic E-state index is 0.0996. The van der Waals surface area contributed by atoms with Gasteiger partial charge in [-0.05, 0) is 12.5 Å². The number of carbonyl (C=O) groups excluding carboxylic acids is 1. The van der Waals surface area contributed by atoms with E-state index in [9.17, 15) is 13.6 Å². The van der Waals surface area contributed by atoms with Crippen LogP contribution in [-0.4, -0.2) is 41.8 Å². The van der Waals surface area contributed by atoms with Crippen LogP contribution < -0.4 is 0 Å². The molecular weight excluding hydrogens is 318 g/mol. The fourth-order valence-corrected chi connectivity index (χ4v) is 2.58. The van der Waals surface area contributed by atoms with Gasteiger partial charge in [0.05, 0.1) is 31.8 Å². The molecule has 7 heteroatoms. The van der Waals surface area contributed by atoms with Crippen molar-refractivity contribution in [2.24, 2.45) is 5.41 Å². The summed E-state index contributed by atoms with van der Waals surface area (Å²) in [5.74, 6) is -0.665. The highest BCUT2D eigenvalue weighted by atomic mass is 19.3. The van der Waals surface area contributed by atoms with Crippen molar-refractivity contribution in [3.8, 4) is 0 Å². The van der Waals surface area contributed by atoms with Crippen molar-refractivity contribution < 1.29 is 23.0 Å². The zero-order valence-corrected chi connectivity index (χ0v) is 13.2. The highest BCUT2D eigenvalue weighted by molar-refractivity contribution is 5.87. The summed E-state index contributed by atoms with van der Waals surface area (Å²) in [6.45, 7) is 1.36. The quantitative estimate of drug-likeness (QED) is 0.761. The minimum Gasteiger partial charge on any atom is -0.460 e. The maximum Gasteiger partial charge on any atom is 0.356 e. The molecule has 2 heterocycles. The SMILES string of the molecule is C[C@H](c1ccccc1)n1cncc1C(=O)OCC1(C(F)F)COC1. The van der Waals surface area contributed by atoms with Crippen LogP contribution in [0.3, 0.4) is 0 Å². The number of benzene rings is 1. The van der Waals surface area contributed by atoms with Gasteiger partial charge in [-0.1, -0.05) is 30.3 Å². The van der Waals surface area contributed by atoms with E-state index < -0.39 is 17.8 Å². The number of imidazole rings is 1. The molecule has 0 saturated carbocycles. The van der Waals surface area contributed by atoms with E-state index in [1.165, 1.54) is 12.5 Å². The second kappa shape index (κ2) is 6.68. The number of alkyl halides is 2. The average molecular weight is 336 g/mol. The smallest absolute Gasteiger partial charge is 0.356 e. The van der Waals surface area contributed by atoms with Gasteiger partial charge >= 0.3 is 5.97 Å². The zero-order chi connectivity index (χ0) is 17.2. The van der Waals surface area contributed by atoms with Crippen LogP contribution in [0.25, 0.3) is 0 Å². The van der Waals surface area contributed by atoms with Gasteiger partial charge in [-0.3, -0.25) is 0 Å². The molecule has 1 aromatic heterocycles. The summed E-state index contributed by atoms with van der Waals surface area (Å²) < 4.78 is 37.8. The Morgan fingerprint density at radius 3 is 2.67 bits per heavy atom. The van der Waals surface area contributed by atoms with Crippen LogP contribution in [0.5, 0.6) is 0 Å². The summed E-state index contributed by atoms with van der Waals surface area (Å²) in [5, 5.41) is 0. The first-order chi connectivity index (χ1) is 11.5. The molecule has 128 valence electrons. The van der Waals surface area contributed by atoms with Crippen LogP contribution in [0.1, 0.15) is 29.0 Å². The molecular formula is C17H18F2N2O3. The van der Waals surface area contributed by atoms with Gasteiger partial charge in [0.15, 0.2) is 0 Å². The molecule has 0 radical (unpaired) electrons. The van der Waals surface area contributed by atoms with E-state index in [0.717, 1.165) is 5.56 Å². The molecule has 2 aromatic rings. The predicted octanol–water partition coefficient (Wildman–Crippen LogP) is 2.93. The van der Waals surface area contributed by atoms with Crippen LogP contribution in [0, 0.1) is 5.41 Å². The van der Waals surface area contributed by atoms with Crippen LogP contribution in [0.4, 0.5) is 8.78 Å². The monoisotopic (exact) mass is 336 g/mol. The molecule has 1 atom stereocenters. The molecule has 1 aliphatic heterocycles. The maximum absolute atomic E-state index is 13.1. The van der Waals surface area contributed by atoms with Gasteiger partial charge in [-0.15, -0.1) is 0 Å². The molecule has 1 fully saturated rings. The summed E-state index contributed by atoms with van der Waals surface area (Å²) in [5.41, 5.74) is -0.150. The van der Waals surface area contributed by atoms with Crippen molar-refractivity contribution in [3.05, 3.63) is 54.1 Å². The molecule has 24 heavy (non-hydrogen) atoms. The number of hydrogen-bond acceptors (Lipinski definition) is 4. The first-order valence-corrected chi connectivity index (χ1v) is 7.63. The molecule has 0 N–H and O–H groups in total. The lowest BCUT2D eigenvalue weighted by Crippen LogP contribution is -2.52. The third kappa shape index (κ3) is 3.03. The summed E-state index contributed by atoms with van der Waals surface area (Å²) in [6.07, 6.45) is 0.324. The van der Waals surface area contributed by atoms with Gasteiger partial charge in [-0.25, -0.2) is 18.6 Å². The Balaban J connectivity index is 1.72. The Morgan fingerprint density at radius 1 is 1.38 bits per heavy atom. The van der Waals surface area contributed by atoms with Crippen molar-refractivity contribution in [2.45, 2.75) is 19.4 Å². The van der Waals surface area contributed by atoms with E-state index in [0.29, 0.717) is 0 Å². The number of hydrogen-bond donors (Lipinski definition) is 0. The van der Waals surface area contributed by atoms with Crippen LogP contribution in [0.15, 0.2) is 42.9 Å². The number of aromatic nitrogens is 2. The number of rotatable bonds is 6. The topological polar surface area (TPSA) is 53.4 Å². The molecule has 1 aromatic carbocycles. The first kappa shape index (κ1) is 16.6. The van der Waals surface area contributed by atoms with Crippen molar-refractivity contribution in [1.82, 2.24) is 9.55 Å². The van der Waals surface area contributed by atoms with Crippen LogP contribution >= 0.6 is 0 Å². The van der Waals surface area contributed by atoms with Gasteiger partial charge in [0.2, 0.25) is 0 Å². The Labute approximate surface area is 138 Å². The second-order valence-corrected chi connectivity index (χ2v) is 6.00. The number of esters is 1. The molecule has 5 nitrogen and oxygen atoms in total. The molecule has 0 bridgehead atoms. The average Bonchev–Trinajstić information content (AvgIpc) is 3.03. The number of halogens is 2. The van der Waals surface area contributed by atoms with E-state index in [-0.39, 0.29) is 31.6 Å². The number of ether oxygens (including phenoxy) is 2. The third-order valence-corrected chi connectivity index (χ3v) is 4.31. The van der Waals surface area contributed by atoms with E-state index in [1.54, 1.807) is 4.57 Å². The lowest BCUT2D eigenvalue weighted by molar-refractivity contribution is -0.203. The van der Waals surface area contributed by atoms with E-state index in [2.05, 4.69) is 4.98 Å².